The first-order valence-electron chi connectivity index (χ1n) is 8.97. The standard InChI is InChI=1S/C21H16ClN3O3/c22-13-7-3-4-8-14(13)25-20(27)15-16(21(25)28)18(19(23)26)24-10-9-11-5-1-2-6-12(11)17(15)24/h1-10,15-18H,(H2,23,26)/t15-,16+,17?,18-/m0/s1. The van der Waals surface area contributed by atoms with Crippen LogP contribution in [0.3, 0.4) is 0 Å². The van der Waals surface area contributed by atoms with Crippen LogP contribution in [-0.4, -0.2) is 28.7 Å². The van der Waals surface area contributed by atoms with Gasteiger partial charge in [-0.05, 0) is 29.3 Å². The summed E-state index contributed by atoms with van der Waals surface area (Å²) in [4.78, 5) is 41.9. The second-order valence-electron chi connectivity index (χ2n) is 7.20. The van der Waals surface area contributed by atoms with Gasteiger partial charge in [-0.25, -0.2) is 4.90 Å². The molecule has 1 unspecified atom stereocenters. The van der Waals surface area contributed by atoms with Crippen molar-refractivity contribution in [1.82, 2.24) is 4.90 Å². The number of hydrogen-bond acceptors (Lipinski definition) is 4. The number of anilines is 1. The minimum Gasteiger partial charge on any atom is -0.368 e. The summed E-state index contributed by atoms with van der Waals surface area (Å²) in [5.74, 6) is -2.96. The molecule has 6 nitrogen and oxygen atoms in total. The smallest absolute Gasteiger partial charge is 0.240 e. The average molecular weight is 394 g/mol. The van der Waals surface area contributed by atoms with Crippen LogP contribution in [-0.2, 0) is 14.4 Å². The van der Waals surface area contributed by atoms with E-state index in [-0.39, 0.29) is 5.91 Å². The number of carbonyl (C=O) groups excluding carboxylic acids is 3. The van der Waals surface area contributed by atoms with Crippen molar-refractivity contribution in [3.05, 3.63) is 70.9 Å². The molecule has 5 rings (SSSR count). The van der Waals surface area contributed by atoms with Crippen molar-refractivity contribution < 1.29 is 14.4 Å². The lowest BCUT2D eigenvalue weighted by Crippen LogP contribution is -2.46. The van der Waals surface area contributed by atoms with Crippen molar-refractivity contribution in [1.29, 1.82) is 0 Å². The molecule has 0 saturated carbocycles. The molecular weight excluding hydrogens is 378 g/mol. The number of para-hydroxylation sites is 1. The summed E-state index contributed by atoms with van der Waals surface area (Å²) in [6.45, 7) is 0. The number of benzene rings is 2. The van der Waals surface area contributed by atoms with Crippen LogP contribution in [0.15, 0.2) is 54.7 Å². The maximum absolute atomic E-state index is 13.4. The van der Waals surface area contributed by atoms with Gasteiger partial charge >= 0.3 is 0 Å². The van der Waals surface area contributed by atoms with E-state index in [0.29, 0.717) is 10.7 Å². The summed E-state index contributed by atoms with van der Waals surface area (Å²) in [5.41, 5.74) is 7.89. The molecule has 2 aromatic rings. The van der Waals surface area contributed by atoms with Crippen LogP contribution in [0.5, 0.6) is 0 Å². The van der Waals surface area contributed by atoms with Crippen LogP contribution in [0.2, 0.25) is 5.02 Å². The van der Waals surface area contributed by atoms with Crippen molar-refractivity contribution in [2.75, 3.05) is 4.90 Å². The zero-order chi connectivity index (χ0) is 19.6. The second kappa shape index (κ2) is 5.94. The number of nitrogens with two attached hydrogens (primary N) is 1. The summed E-state index contributed by atoms with van der Waals surface area (Å²) < 4.78 is 0. The number of primary amides is 1. The highest BCUT2D eigenvalue weighted by atomic mass is 35.5. The Morgan fingerprint density at radius 1 is 0.964 bits per heavy atom. The molecule has 2 saturated heterocycles. The summed E-state index contributed by atoms with van der Waals surface area (Å²) in [7, 11) is 0. The predicted octanol–water partition coefficient (Wildman–Crippen LogP) is 2.34. The topological polar surface area (TPSA) is 83.7 Å². The van der Waals surface area contributed by atoms with Gasteiger partial charge in [0.25, 0.3) is 0 Å². The van der Waals surface area contributed by atoms with E-state index >= 15 is 0 Å². The summed E-state index contributed by atoms with van der Waals surface area (Å²) in [6.07, 6.45) is 3.64. The Morgan fingerprint density at radius 2 is 1.64 bits per heavy atom. The molecule has 2 aromatic carbocycles. The molecule has 28 heavy (non-hydrogen) atoms. The van der Waals surface area contributed by atoms with Crippen molar-refractivity contribution in [2.45, 2.75) is 12.1 Å². The van der Waals surface area contributed by atoms with Crippen LogP contribution >= 0.6 is 11.6 Å². The van der Waals surface area contributed by atoms with Crippen molar-refractivity contribution in [3.63, 3.8) is 0 Å². The summed E-state index contributed by atoms with van der Waals surface area (Å²) >= 11 is 6.25. The van der Waals surface area contributed by atoms with E-state index in [1.807, 2.05) is 30.3 Å². The van der Waals surface area contributed by atoms with E-state index in [2.05, 4.69) is 0 Å². The first-order valence-corrected chi connectivity index (χ1v) is 9.34. The van der Waals surface area contributed by atoms with E-state index in [9.17, 15) is 14.4 Å². The van der Waals surface area contributed by atoms with Crippen LogP contribution in [0.4, 0.5) is 5.69 Å². The molecule has 3 aliphatic rings. The first kappa shape index (κ1) is 17.0. The fourth-order valence-electron chi connectivity index (χ4n) is 4.75. The number of fused-ring (bicyclic) bond motifs is 5. The van der Waals surface area contributed by atoms with Crippen LogP contribution in [0, 0.1) is 11.8 Å². The number of imide groups is 1. The number of carbonyl (C=O) groups is 3. The van der Waals surface area contributed by atoms with Crippen molar-refractivity contribution >= 4 is 41.1 Å². The molecule has 0 aliphatic carbocycles. The van der Waals surface area contributed by atoms with Crippen LogP contribution in [0.25, 0.3) is 6.08 Å². The van der Waals surface area contributed by atoms with E-state index in [1.54, 1.807) is 35.4 Å². The molecule has 140 valence electrons. The highest BCUT2D eigenvalue weighted by molar-refractivity contribution is 6.36. The summed E-state index contributed by atoms with van der Waals surface area (Å²) in [5, 5.41) is 0.306. The third-order valence-electron chi connectivity index (χ3n) is 5.85. The van der Waals surface area contributed by atoms with Gasteiger partial charge in [-0.15, -0.1) is 0 Å². The van der Waals surface area contributed by atoms with Gasteiger partial charge in [0.15, 0.2) is 0 Å². The minimum absolute atomic E-state index is 0.306. The number of rotatable bonds is 2. The van der Waals surface area contributed by atoms with Gasteiger partial charge in [0.2, 0.25) is 17.7 Å². The van der Waals surface area contributed by atoms with Gasteiger partial charge in [-0.3, -0.25) is 14.4 Å². The third-order valence-corrected chi connectivity index (χ3v) is 6.17. The molecule has 2 fully saturated rings. The maximum atomic E-state index is 13.4. The highest BCUT2D eigenvalue weighted by Crippen LogP contribution is 2.53. The van der Waals surface area contributed by atoms with E-state index < -0.39 is 35.7 Å². The fraction of sp³-hybridized carbons (Fsp3) is 0.190. The van der Waals surface area contributed by atoms with Crippen molar-refractivity contribution in [3.8, 4) is 0 Å². The lowest BCUT2D eigenvalue weighted by molar-refractivity contribution is -0.129. The van der Waals surface area contributed by atoms with Crippen LogP contribution in [0.1, 0.15) is 17.2 Å². The Bertz CT molecular complexity index is 1070. The number of amides is 3. The molecule has 2 N–H and O–H groups in total. The molecule has 3 heterocycles. The van der Waals surface area contributed by atoms with E-state index in [1.165, 1.54) is 0 Å². The monoisotopic (exact) mass is 393 g/mol. The quantitative estimate of drug-likeness (QED) is 0.794. The van der Waals surface area contributed by atoms with Gasteiger partial charge in [0.1, 0.15) is 6.04 Å². The van der Waals surface area contributed by atoms with Crippen molar-refractivity contribution in [2.24, 2.45) is 17.6 Å². The minimum atomic E-state index is -0.886. The van der Waals surface area contributed by atoms with Gasteiger partial charge in [-0.1, -0.05) is 48.0 Å². The molecule has 0 aromatic heterocycles. The lowest BCUT2D eigenvalue weighted by atomic mass is 9.84. The normalized spacial score (nSPS) is 27.6. The molecule has 3 amide bonds. The van der Waals surface area contributed by atoms with Gasteiger partial charge in [0, 0.05) is 6.20 Å². The molecule has 0 radical (unpaired) electrons. The summed E-state index contributed by atoms with van der Waals surface area (Å²) in [6, 6.07) is 13.1. The van der Waals surface area contributed by atoms with Gasteiger partial charge < -0.3 is 10.6 Å². The van der Waals surface area contributed by atoms with E-state index in [0.717, 1.165) is 16.0 Å². The van der Waals surface area contributed by atoms with Gasteiger partial charge in [0.05, 0.1) is 28.6 Å². The average Bonchev–Trinajstić information content (AvgIpc) is 3.16. The zero-order valence-electron chi connectivity index (χ0n) is 14.7. The number of hydrogen-bond donors (Lipinski definition) is 1. The first-order chi connectivity index (χ1) is 13.5. The Balaban J connectivity index is 1.67. The Kier molecular flexibility index (Phi) is 3.61. The molecular formula is C21H16ClN3O3. The second-order valence-corrected chi connectivity index (χ2v) is 7.61. The van der Waals surface area contributed by atoms with E-state index in [4.69, 9.17) is 17.3 Å². The Hall–Kier alpha value is -3.12. The predicted molar refractivity (Wildman–Crippen MR) is 104 cm³/mol. The molecule has 0 bridgehead atoms. The highest BCUT2D eigenvalue weighted by Gasteiger charge is 2.64. The third kappa shape index (κ3) is 2.12. The number of nitrogens with zero attached hydrogens (tertiary/aromatic N) is 2. The molecule has 3 aliphatic heterocycles. The molecule has 7 heteroatoms. The number of halogens is 1. The Labute approximate surface area is 166 Å². The maximum Gasteiger partial charge on any atom is 0.240 e. The SMILES string of the molecule is NC(=O)[C@@H]1[C@@H]2C(=O)N(c3ccccc3Cl)C(=O)[C@@H]2C2c3ccccc3C=CN21. The van der Waals surface area contributed by atoms with Crippen LogP contribution < -0.4 is 10.6 Å². The zero-order valence-corrected chi connectivity index (χ0v) is 15.4. The van der Waals surface area contributed by atoms with Gasteiger partial charge in [-0.2, -0.15) is 0 Å². The lowest BCUT2D eigenvalue weighted by Gasteiger charge is -2.34. The Morgan fingerprint density at radius 3 is 2.39 bits per heavy atom. The molecule has 4 atom stereocenters. The largest absolute Gasteiger partial charge is 0.368 e. The fourth-order valence-corrected chi connectivity index (χ4v) is 4.97. The molecule has 0 spiro atoms.